The van der Waals surface area contributed by atoms with Crippen LogP contribution in [0.5, 0.6) is 0 Å². The van der Waals surface area contributed by atoms with Crippen molar-refractivity contribution in [1.29, 1.82) is 0 Å². The Labute approximate surface area is 92.2 Å². The Bertz CT molecular complexity index is 447. The van der Waals surface area contributed by atoms with Crippen LogP contribution in [0.25, 0.3) is 0 Å². The molecule has 4 amide bonds. The van der Waals surface area contributed by atoms with E-state index in [2.05, 4.69) is 12.1 Å². The summed E-state index contributed by atoms with van der Waals surface area (Å²) >= 11 is 0. The molecule has 6 heteroatoms. The zero-order valence-corrected chi connectivity index (χ0v) is 8.31. The van der Waals surface area contributed by atoms with Gasteiger partial charge in [-0.15, -0.1) is 0 Å². The Hall–Kier alpha value is -2.68. The molecule has 1 rings (SSSR count). The number of nitrogens with two attached hydrogens (primary N) is 2. The molecule has 0 unspecified atom stereocenters. The van der Waals surface area contributed by atoms with Crippen molar-refractivity contribution in [3.8, 4) is 12.1 Å². The van der Waals surface area contributed by atoms with E-state index in [9.17, 15) is 9.59 Å². The van der Waals surface area contributed by atoms with Gasteiger partial charge in [0.15, 0.2) is 0 Å². The van der Waals surface area contributed by atoms with Crippen molar-refractivity contribution < 1.29 is 9.59 Å². The third-order valence-electron chi connectivity index (χ3n) is 1.59. The lowest BCUT2D eigenvalue weighted by molar-refractivity contribution is 0.252. The number of hydrogen-bond acceptors (Lipinski definition) is 2. The second-order valence-electron chi connectivity index (χ2n) is 2.74. The second kappa shape index (κ2) is 5.26. The Morgan fingerprint density at radius 2 is 1.81 bits per heavy atom. The molecule has 0 spiro atoms. The molecule has 0 atom stereocenters. The van der Waals surface area contributed by atoms with Crippen molar-refractivity contribution in [2.45, 2.75) is 0 Å². The molecule has 0 radical (unpaired) electrons. The van der Waals surface area contributed by atoms with Gasteiger partial charge in [-0.25, -0.2) is 14.5 Å². The zero-order chi connectivity index (χ0) is 12.0. The number of hydrogen-bond donors (Lipinski definition) is 3. The maximum atomic E-state index is 11.1. The fourth-order valence-electron chi connectivity index (χ4n) is 0.969. The number of rotatable bonds is 1. The first-order chi connectivity index (χ1) is 7.61. The average molecular weight is 218 g/mol. The summed E-state index contributed by atoms with van der Waals surface area (Å²) in [5, 5.41) is 2.03. The van der Waals surface area contributed by atoms with Gasteiger partial charge in [0.25, 0.3) is 0 Å². The summed E-state index contributed by atoms with van der Waals surface area (Å²) in [6.45, 7) is 0. The van der Waals surface area contributed by atoms with Crippen LogP contribution in [-0.4, -0.2) is 12.1 Å². The number of nitrogens with zero attached hydrogens (tertiary/aromatic N) is 1. The maximum Gasteiger partial charge on any atom is 0.331 e. The van der Waals surface area contributed by atoms with Gasteiger partial charge in [-0.1, -0.05) is 18.2 Å². The van der Waals surface area contributed by atoms with Crippen LogP contribution >= 0.6 is 0 Å². The maximum absolute atomic E-state index is 11.1. The van der Waals surface area contributed by atoms with Crippen LogP contribution in [0.15, 0.2) is 30.3 Å². The zero-order valence-electron chi connectivity index (χ0n) is 8.31. The van der Waals surface area contributed by atoms with Crippen molar-refractivity contribution in [2.75, 3.05) is 4.90 Å². The molecular weight excluding hydrogens is 208 g/mol. The van der Waals surface area contributed by atoms with Crippen LogP contribution in [0.3, 0.4) is 0 Å². The summed E-state index contributed by atoms with van der Waals surface area (Å²) < 4.78 is 0. The number of para-hydroxylation sites is 1. The van der Waals surface area contributed by atoms with Gasteiger partial charge < -0.3 is 11.5 Å². The minimum absolute atomic E-state index is 0.508. The third kappa shape index (κ3) is 3.23. The van der Waals surface area contributed by atoms with Crippen molar-refractivity contribution in [1.82, 2.24) is 5.32 Å². The van der Waals surface area contributed by atoms with E-state index in [0.29, 0.717) is 5.69 Å². The van der Waals surface area contributed by atoms with Crippen LogP contribution < -0.4 is 21.7 Å². The van der Waals surface area contributed by atoms with Gasteiger partial charge in [0.05, 0.1) is 5.69 Å². The first kappa shape index (κ1) is 11.4. The van der Waals surface area contributed by atoms with Gasteiger partial charge in [0.1, 0.15) is 0 Å². The fraction of sp³-hybridized carbons (Fsp3) is 0. The van der Waals surface area contributed by atoms with Gasteiger partial charge >= 0.3 is 12.1 Å². The number of amides is 4. The van der Waals surface area contributed by atoms with Crippen LogP contribution in [0, 0.1) is 12.1 Å². The molecule has 0 aliphatic carbocycles. The molecule has 5 N–H and O–H groups in total. The van der Waals surface area contributed by atoms with E-state index >= 15 is 0 Å². The molecular formula is C10H10N4O2. The molecule has 0 bridgehead atoms. The predicted octanol–water partition coefficient (Wildman–Crippen LogP) is 0.158. The summed E-state index contributed by atoms with van der Waals surface area (Å²) in [6.07, 6.45) is 0. The highest BCUT2D eigenvalue weighted by Crippen LogP contribution is 2.11. The molecule has 0 saturated heterocycles. The monoisotopic (exact) mass is 218 g/mol. The van der Waals surface area contributed by atoms with Gasteiger partial charge in [-0.3, -0.25) is 5.32 Å². The molecule has 82 valence electrons. The topological polar surface area (TPSA) is 101 Å². The standard InChI is InChI=1S/C10H10N4O2/c11-9(15)13-6-7-14(10(12)16)8-4-2-1-3-5-8/h1-5H,(H2,12,16)(H3,11,13,15). The lowest BCUT2D eigenvalue weighted by Crippen LogP contribution is -2.32. The van der Waals surface area contributed by atoms with Gasteiger partial charge in [-0.2, -0.15) is 0 Å². The Kier molecular flexibility index (Phi) is 3.75. The fourth-order valence-corrected chi connectivity index (χ4v) is 0.969. The quantitative estimate of drug-likeness (QED) is 0.461. The summed E-state index contributed by atoms with van der Waals surface area (Å²) in [6, 6.07) is 11.6. The molecule has 6 nitrogen and oxygen atoms in total. The van der Waals surface area contributed by atoms with Crippen molar-refractivity contribution >= 4 is 17.7 Å². The molecule has 0 saturated carbocycles. The summed E-state index contributed by atoms with van der Waals surface area (Å²) in [7, 11) is 0. The van der Waals surface area contributed by atoms with Crippen molar-refractivity contribution in [3.63, 3.8) is 0 Å². The van der Waals surface area contributed by atoms with E-state index in [1.54, 1.807) is 30.3 Å². The van der Waals surface area contributed by atoms with Crippen LogP contribution in [0.4, 0.5) is 15.3 Å². The third-order valence-corrected chi connectivity index (χ3v) is 1.59. The molecule has 16 heavy (non-hydrogen) atoms. The van der Waals surface area contributed by atoms with E-state index in [1.165, 1.54) is 0 Å². The summed E-state index contributed by atoms with van der Waals surface area (Å²) in [5.74, 6) is 0. The minimum atomic E-state index is -0.801. The van der Waals surface area contributed by atoms with E-state index in [-0.39, 0.29) is 0 Å². The molecule has 0 aliphatic heterocycles. The molecule has 0 aromatic heterocycles. The largest absolute Gasteiger partial charge is 0.351 e. The van der Waals surface area contributed by atoms with Gasteiger partial charge in [0.2, 0.25) is 0 Å². The van der Waals surface area contributed by atoms with Crippen molar-refractivity contribution in [3.05, 3.63) is 30.3 Å². The van der Waals surface area contributed by atoms with Crippen LogP contribution in [-0.2, 0) is 0 Å². The van der Waals surface area contributed by atoms with E-state index in [4.69, 9.17) is 11.5 Å². The lowest BCUT2D eigenvalue weighted by Gasteiger charge is -2.11. The van der Waals surface area contributed by atoms with Gasteiger partial charge in [-0.05, 0) is 12.1 Å². The van der Waals surface area contributed by atoms with Crippen LogP contribution in [0.2, 0.25) is 0 Å². The van der Waals surface area contributed by atoms with E-state index in [1.807, 2.05) is 5.32 Å². The molecule has 1 aromatic rings. The first-order valence-electron chi connectivity index (χ1n) is 4.32. The number of benzene rings is 1. The molecule has 0 aliphatic rings. The normalized spacial score (nSPS) is 8.50. The lowest BCUT2D eigenvalue weighted by atomic mass is 10.3. The molecule has 0 heterocycles. The summed E-state index contributed by atoms with van der Waals surface area (Å²) in [5.41, 5.74) is 10.4. The Morgan fingerprint density at radius 1 is 1.19 bits per heavy atom. The van der Waals surface area contributed by atoms with E-state index < -0.39 is 12.1 Å². The average Bonchev–Trinajstić information content (AvgIpc) is 2.25. The number of nitrogens with one attached hydrogen (secondary N) is 1. The second-order valence-corrected chi connectivity index (χ2v) is 2.74. The highest BCUT2D eigenvalue weighted by molar-refractivity contribution is 5.94. The number of anilines is 1. The molecule has 0 fully saturated rings. The highest BCUT2D eigenvalue weighted by atomic mass is 16.2. The Balaban J connectivity index is 2.87. The van der Waals surface area contributed by atoms with Crippen molar-refractivity contribution in [2.24, 2.45) is 11.5 Å². The smallest absolute Gasteiger partial charge is 0.331 e. The number of carbonyl (C=O) groups is 2. The number of primary amides is 2. The summed E-state index contributed by atoms with van der Waals surface area (Å²) in [4.78, 5) is 22.4. The van der Waals surface area contributed by atoms with E-state index in [0.717, 1.165) is 4.90 Å². The highest BCUT2D eigenvalue weighted by Gasteiger charge is 2.08. The SMILES string of the molecule is NC(=O)NC#CN(C(N)=O)c1ccccc1. The minimum Gasteiger partial charge on any atom is -0.351 e. The molecule has 1 aromatic carbocycles. The van der Waals surface area contributed by atoms with Crippen LogP contribution in [0.1, 0.15) is 0 Å². The number of urea groups is 2. The first-order valence-corrected chi connectivity index (χ1v) is 4.32. The Morgan fingerprint density at radius 3 is 2.31 bits per heavy atom. The predicted molar refractivity (Wildman–Crippen MR) is 59.0 cm³/mol. The van der Waals surface area contributed by atoms with Gasteiger partial charge in [0, 0.05) is 12.1 Å². The number of carbonyl (C=O) groups excluding carboxylic acids is 2.